The molecule has 7 heteroatoms. The smallest absolute Gasteiger partial charge is 0.245 e. The number of nitrogens with zero attached hydrogens (tertiary/aromatic N) is 4. The molecule has 29 heavy (non-hydrogen) atoms. The summed E-state index contributed by atoms with van der Waals surface area (Å²) in [7, 11) is 1.72. The van der Waals surface area contributed by atoms with Crippen LogP contribution in [0.1, 0.15) is 25.7 Å². The molecule has 3 aliphatic rings. The van der Waals surface area contributed by atoms with E-state index in [0.717, 1.165) is 76.4 Å². The van der Waals surface area contributed by atoms with Gasteiger partial charge in [-0.25, -0.2) is 0 Å². The van der Waals surface area contributed by atoms with Crippen molar-refractivity contribution >= 4 is 17.5 Å². The third-order valence-electron chi connectivity index (χ3n) is 6.45. The Kier molecular flexibility index (Phi) is 6.23. The normalized spacial score (nSPS) is 23.3. The molecule has 0 N–H and O–H groups in total. The number of ether oxygens (including phenoxy) is 1. The quantitative estimate of drug-likeness (QED) is 0.723. The van der Waals surface area contributed by atoms with Crippen molar-refractivity contribution in [2.45, 2.75) is 31.7 Å². The highest BCUT2D eigenvalue weighted by Gasteiger charge is 2.40. The van der Waals surface area contributed by atoms with E-state index < -0.39 is 0 Å². The van der Waals surface area contributed by atoms with Crippen LogP contribution in [-0.2, 0) is 9.59 Å². The van der Waals surface area contributed by atoms with Crippen molar-refractivity contribution < 1.29 is 14.3 Å². The Morgan fingerprint density at radius 2 is 1.79 bits per heavy atom. The van der Waals surface area contributed by atoms with Crippen molar-refractivity contribution in [3.05, 3.63) is 24.3 Å². The maximum Gasteiger partial charge on any atom is 0.245 e. The summed E-state index contributed by atoms with van der Waals surface area (Å²) in [5, 5.41) is 0. The number of carbonyl (C=O) groups excluding carboxylic acids is 2. The molecule has 0 saturated carbocycles. The Labute approximate surface area is 173 Å². The molecule has 1 aromatic rings. The summed E-state index contributed by atoms with van der Waals surface area (Å²) in [6.45, 7) is 6.60. The topological polar surface area (TPSA) is 56.3 Å². The van der Waals surface area contributed by atoms with Gasteiger partial charge in [-0.15, -0.1) is 0 Å². The zero-order valence-electron chi connectivity index (χ0n) is 17.4. The standard InChI is InChI=1S/C22H32N4O3/c1-29-20-9-3-2-7-18(20)24-15-13-23(14-16-24)10-6-11-25-17-21(27)26-12-5-4-8-19(26)22(25)28/h2-3,7,9,19H,4-6,8,10-17H2,1H3/t19-/m1/s1. The molecule has 1 aromatic carbocycles. The largest absolute Gasteiger partial charge is 0.495 e. The van der Waals surface area contributed by atoms with E-state index in [1.165, 1.54) is 0 Å². The predicted octanol–water partition coefficient (Wildman–Crippen LogP) is 1.43. The molecule has 0 spiro atoms. The first-order chi connectivity index (χ1) is 14.2. The predicted molar refractivity (Wildman–Crippen MR) is 112 cm³/mol. The summed E-state index contributed by atoms with van der Waals surface area (Å²) in [6.07, 6.45) is 3.81. The van der Waals surface area contributed by atoms with E-state index in [2.05, 4.69) is 21.9 Å². The minimum atomic E-state index is -0.200. The average molecular weight is 401 g/mol. The highest BCUT2D eigenvalue weighted by atomic mass is 16.5. The van der Waals surface area contributed by atoms with Gasteiger partial charge in [0.1, 0.15) is 11.8 Å². The molecule has 3 saturated heterocycles. The minimum absolute atomic E-state index is 0.125. The molecule has 2 amide bonds. The van der Waals surface area contributed by atoms with Crippen LogP contribution in [0.5, 0.6) is 5.75 Å². The van der Waals surface area contributed by atoms with E-state index in [4.69, 9.17) is 4.74 Å². The van der Waals surface area contributed by atoms with Crippen LogP contribution >= 0.6 is 0 Å². The van der Waals surface area contributed by atoms with Gasteiger partial charge in [-0.2, -0.15) is 0 Å². The lowest BCUT2D eigenvalue weighted by molar-refractivity contribution is -0.157. The van der Waals surface area contributed by atoms with Crippen LogP contribution in [0.2, 0.25) is 0 Å². The Morgan fingerprint density at radius 1 is 1.00 bits per heavy atom. The minimum Gasteiger partial charge on any atom is -0.495 e. The first-order valence-corrected chi connectivity index (χ1v) is 10.9. The zero-order valence-corrected chi connectivity index (χ0v) is 17.4. The molecule has 4 rings (SSSR count). The maximum absolute atomic E-state index is 12.7. The Hall–Kier alpha value is -2.28. The molecule has 158 valence electrons. The molecule has 3 fully saturated rings. The maximum atomic E-state index is 12.7. The fourth-order valence-electron chi connectivity index (χ4n) is 4.81. The molecule has 3 heterocycles. The lowest BCUT2D eigenvalue weighted by Crippen LogP contribution is -2.61. The SMILES string of the molecule is COc1ccccc1N1CCN(CCCN2CC(=O)N3CCCC[C@@H]3C2=O)CC1. The first-order valence-electron chi connectivity index (χ1n) is 10.9. The number of fused-ring (bicyclic) bond motifs is 1. The first kappa shape index (κ1) is 20.0. The van der Waals surface area contributed by atoms with Crippen LogP contribution in [0.3, 0.4) is 0 Å². The average Bonchev–Trinajstić information content (AvgIpc) is 2.77. The van der Waals surface area contributed by atoms with Gasteiger partial charge < -0.3 is 19.4 Å². The van der Waals surface area contributed by atoms with Crippen LogP contribution in [0, 0.1) is 0 Å². The van der Waals surface area contributed by atoms with Gasteiger partial charge in [0.25, 0.3) is 0 Å². The van der Waals surface area contributed by atoms with Crippen molar-refractivity contribution in [2.75, 3.05) is 64.4 Å². The van der Waals surface area contributed by atoms with Crippen LogP contribution in [0.25, 0.3) is 0 Å². The number of piperazine rings is 2. The van der Waals surface area contributed by atoms with Crippen molar-refractivity contribution in [2.24, 2.45) is 0 Å². The van der Waals surface area contributed by atoms with Gasteiger partial charge in [0.15, 0.2) is 0 Å². The number of amides is 2. The molecular weight excluding hydrogens is 368 g/mol. The van der Waals surface area contributed by atoms with Gasteiger partial charge in [0.05, 0.1) is 19.3 Å². The van der Waals surface area contributed by atoms with Gasteiger partial charge in [0, 0.05) is 39.3 Å². The number of para-hydroxylation sites is 2. The summed E-state index contributed by atoms with van der Waals surface area (Å²) < 4.78 is 5.49. The van der Waals surface area contributed by atoms with E-state index in [0.29, 0.717) is 6.54 Å². The number of hydrogen-bond acceptors (Lipinski definition) is 5. The van der Waals surface area contributed by atoms with Crippen molar-refractivity contribution in [3.8, 4) is 5.75 Å². The fourth-order valence-corrected chi connectivity index (χ4v) is 4.81. The summed E-state index contributed by atoms with van der Waals surface area (Å²) >= 11 is 0. The van der Waals surface area contributed by atoms with E-state index >= 15 is 0 Å². The lowest BCUT2D eigenvalue weighted by Gasteiger charge is -2.43. The summed E-state index contributed by atoms with van der Waals surface area (Å²) in [6, 6.07) is 7.97. The lowest BCUT2D eigenvalue weighted by atomic mass is 9.98. The second-order valence-corrected chi connectivity index (χ2v) is 8.21. The highest BCUT2D eigenvalue weighted by Crippen LogP contribution is 2.28. The number of hydrogen-bond donors (Lipinski definition) is 0. The zero-order chi connectivity index (χ0) is 20.2. The molecule has 0 radical (unpaired) electrons. The van der Waals surface area contributed by atoms with E-state index in [-0.39, 0.29) is 24.4 Å². The Morgan fingerprint density at radius 3 is 2.59 bits per heavy atom. The molecule has 0 aliphatic carbocycles. The Bertz CT molecular complexity index is 733. The van der Waals surface area contributed by atoms with Crippen molar-refractivity contribution in [3.63, 3.8) is 0 Å². The van der Waals surface area contributed by atoms with Crippen LogP contribution in [0.4, 0.5) is 5.69 Å². The number of benzene rings is 1. The number of carbonyl (C=O) groups is 2. The summed E-state index contributed by atoms with van der Waals surface area (Å²) in [4.78, 5) is 33.6. The van der Waals surface area contributed by atoms with Crippen LogP contribution < -0.4 is 9.64 Å². The molecule has 0 aromatic heterocycles. The molecule has 0 bridgehead atoms. The van der Waals surface area contributed by atoms with Gasteiger partial charge >= 0.3 is 0 Å². The van der Waals surface area contributed by atoms with Gasteiger partial charge in [-0.3, -0.25) is 14.5 Å². The number of rotatable bonds is 6. The van der Waals surface area contributed by atoms with Crippen molar-refractivity contribution in [1.29, 1.82) is 0 Å². The third-order valence-corrected chi connectivity index (χ3v) is 6.45. The number of methoxy groups -OCH3 is 1. The Balaban J connectivity index is 1.23. The van der Waals surface area contributed by atoms with Crippen LogP contribution in [0.15, 0.2) is 24.3 Å². The molecule has 1 atom stereocenters. The summed E-state index contributed by atoms with van der Waals surface area (Å²) in [5.74, 6) is 1.20. The second-order valence-electron chi connectivity index (χ2n) is 8.21. The molecule has 0 unspecified atom stereocenters. The highest BCUT2D eigenvalue weighted by molar-refractivity contribution is 5.95. The van der Waals surface area contributed by atoms with Gasteiger partial charge in [0.2, 0.25) is 11.8 Å². The number of anilines is 1. The monoisotopic (exact) mass is 400 g/mol. The fraction of sp³-hybridized carbons (Fsp3) is 0.636. The number of piperidine rings is 1. The van der Waals surface area contributed by atoms with E-state index in [1.807, 2.05) is 12.1 Å². The molecular formula is C22H32N4O3. The van der Waals surface area contributed by atoms with E-state index in [9.17, 15) is 9.59 Å². The van der Waals surface area contributed by atoms with Crippen molar-refractivity contribution in [1.82, 2.24) is 14.7 Å². The van der Waals surface area contributed by atoms with Gasteiger partial charge in [-0.1, -0.05) is 12.1 Å². The van der Waals surface area contributed by atoms with Gasteiger partial charge in [-0.05, 0) is 44.4 Å². The molecule has 7 nitrogen and oxygen atoms in total. The van der Waals surface area contributed by atoms with Crippen LogP contribution in [-0.4, -0.2) is 92.0 Å². The molecule has 3 aliphatic heterocycles. The van der Waals surface area contributed by atoms with E-state index in [1.54, 1.807) is 16.9 Å². The third kappa shape index (κ3) is 4.34. The summed E-state index contributed by atoms with van der Waals surface area (Å²) in [5.41, 5.74) is 1.16. The second kappa shape index (κ2) is 9.03.